The number of hydrogen-bond acceptors (Lipinski definition) is 3. The number of thiophene rings is 1. The summed E-state index contributed by atoms with van der Waals surface area (Å²) in [7, 11) is 1.63. The fraction of sp³-hybridized carbons (Fsp3) is 0.0625. The zero-order valence-corrected chi connectivity index (χ0v) is 11.6. The minimum atomic E-state index is -0.951. The van der Waals surface area contributed by atoms with Crippen LogP contribution in [-0.2, 0) is 9.53 Å². The van der Waals surface area contributed by atoms with Crippen molar-refractivity contribution in [3.63, 3.8) is 0 Å². The van der Waals surface area contributed by atoms with E-state index in [0.29, 0.717) is 5.57 Å². The van der Waals surface area contributed by atoms with E-state index in [-0.39, 0.29) is 0 Å². The van der Waals surface area contributed by atoms with Gasteiger partial charge >= 0.3 is 5.97 Å². The average molecular weight is 284 g/mol. The van der Waals surface area contributed by atoms with Crippen LogP contribution in [0.25, 0.3) is 17.4 Å². The standard InChI is InChI=1S/C16H12O3S/c1-19-14-8-10-4-2-3-5-11(10)13(9-15(17)18)12-6-7-20-16(12)14/h2-9H,1H3,(H,17,18). The summed E-state index contributed by atoms with van der Waals surface area (Å²) >= 11 is 1.55. The van der Waals surface area contributed by atoms with Crippen molar-refractivity contribution in [2.75, 3.05) is 7.11 Å². The maximum atomic E-state index is 11.2. The van der Waals surface area contributed by atoms with Crippen LogP contribution in [0.1, 0.15) is 21.6 Å². The van der Waals surface area contributed by atoms with Crippen LogP contribution >= 0.6 is 11.3 Å². The zero-order chi connectivity index (χ0) is 14.1. The number of carboxylic acids is 1. The molecule has 3 nitrogen and oxygen atoms in total. The highest BCUT2D eigenvalue weighted by Gasteiger charge is 2.21. The van der Waals surface area contributed by atoms with E-state index in [0.717, 1.165) is 27.3 Å². The summed E-state index contributed by atoms with van der Waals surface area (Å²) in [4.78, 5) is 12.1. The second kappa shape index (κ2) is 4.98. The second-order valence-corrected chi connectivity index (χ2v) is 5.28. The van der Waals surface area contributed by atoms with Crippen molar-refractivity contribution in [2.45, 2.75) is 0 Å². The first kappa shape index (κ1) is 12.7. The molecule has 1 aliphatic carbocycles. The average Bonchev–Trinajstić information content (AvgIpc) is 2.87. The van der Waals surface area contributed by atoms with E-state index < -0.39 is 5.97 Å². The van der Waals surface area contributed by atoms with Crippen LogP contribution in [0.15, 0.2) is 41.8 Å². The molecule has 1 N–H and O–H groups in total. The Labute approximate surface area is 120 Å². The SMILES string of the molecule is COC1=Cc2ccccc2C(=CC(=O)O)c2ccsc21. The van der Waals surface area contributed by atoms with Gasteiger partial charge in [0.25, 0.3) is 0 Å². The molecule has 0 radical (unpaired) electrons. The first-order valence-corrected chi connectivity index (χ1v) is 6.96. The Kier molecular flexibility index (Phi) is 3.16. The molecule has 0 saturated carbocycles. The highest BCUT2D eigenvalue weighted by Crippen LogP contribution is 2.40. The quantitative estimate of drug-likeness (QED) is 0.855. The number of hydrogen-bond donors (Lipinski definition) is 1. The lowest BCUT2D eigenvalue weighted by molar-refractivity contribution is -0.131. The number of benzene rings is 1. The van der Waals surface area contributed by atoms with Gasteiger partial charge in [-0.15, -0.1) is 11.3 Å². The highest BCUT2D eigenvalue weighted by molar-refractivity contribution is 7.11. The molecule has 0 atom stereocenters. The number of fused-ring (bicyclic) bond motifs is 2. The van der Waals surface area contributed by atoms with Crippen molar-refractivity contribution in [1.82, 2.24) is 0 Å². The van der Waals surface area contributed by atoms with Crippen molar-refractivity contribution >= 4 is 34.7 Å². The number of carboxylic acid groups (broad SMARTS) is 1. The van der Waals surface area contributed by atoms with Gasteiger partial charge in [-0.3, -0.25) is 0 Å². The van der Waals surface area contributed by atoms with Crippen molar-refractivity contribution in [2.24, 2.45) is 0 Å². The van der Waals surface area contributed by atoms with Gasteiger partial charge < -0.3 is 9.84 Å². The Balaban J connectivity index is 2.35. The van der Waals surface area contributed by atoms with Gasteiger partial charge in [-0.1, -0.05) is 24.3 Å². The minimum absolute atomic E-state index is 0.715. The van der Waals surface area contributed by atoms with Gasteiger partial charge in [0.1, 0.15) is 5.76 Å². The molecule has 2 aromatic rings. The predicted octanol–water partition coefficient (Wildman–Crippen LogP) is 3.72. The highest BCUT2D eigenvalue weighted by atomic mass is 32.1. The number of ether oxygens (including phenoxy) is 1. The maximum absolute atomic E-state index is 11.2. The van der Waals surface area contributed by atoms with Gasteiger partial charge in [0, 0.05) is 11.6 Å². The maximum Gasteiger partial charge on any atom is 0.328 e. The molecular weight excluding hydrogens is 272 g/mol. The van der Waals surface area contributed by atoms with Crippen LogP contribution in [0, 0.1) is 0 Å². The Hall–Kier alpha value is -2.33. The van der Waals surface area contributed by atoms with E-state index in [1.54, 1.807) is 18.4 Å². The van der Waals surface area contributed by atoms with E-state index in [9.17, 15) is 4.79 Å². The molecule has 0 amide bonds. The summed E-state index contributed by atoms with van der Waals surface area (Å²) in [6.07, 6.45) is 3.21. The minimum Gasteiger partial charge on any atom is -0.495 e. The summed E-state index contributed by atoms with van der Waals surface area (Å²) < 4.78 is 5.46. The molecule has 100 valence electrons. The van der Waals surface area contributed by atoms with E-state index in [1.165, 1.54) is 6.08 Å². The van der Waals surface area contributed by atoms with E-state index in [4.69, 9.17) is 9.84 Å². The van der Waals surface area contributed by atoms with Crippen LogP contribution in [0.2, 0.25) is 0 Å². The van der Waals surface area contributed by atoms with Crippen LogP contribution in [0.4, 0.5) is 0 Å². The number of methoxy groups -OCH3 is 1. The van der Waals surface area contributed by atoms with Crippen LogP contribution in [-0.4, -0.2) is 18.2 Å². The molecule has 0 fully saturated rings. The normalized spacial score (nSPS) is 15.1. The number of aliphatic carboxylic acids is 1. The Morgan fingerprint density at radius 3 is 2.80 bits per heavy atom. The largest absolute Gasteiger partial charge is 0.495 e. The third-order valence-corrected chi connectivity index (χ3v) is 4.13. The van der Waals surface area contributed by atoms with Gasteiger partial charge in [0.15, 0.2) is 0 Å². The molecule has 0 spiro atoms. The van der Waals surface area contributed by atoms with Gasteiger partial charge in [-0.25, -0.2) is 4.79 Å². The lowest BCUT2D eigenvalue weighted by Crippen LogP contribution is -1.95. The fourth-order valence-corrected chi connectivity index (χ4v) is 3.27. The summed E-state index contributed by atoms with van der Waals surface area (Å²) in [5.74, 6) is -0.191. The molecule has 4 heteroatoms. The first-order valence-electron chi connectivity index (χ1n) is 6.08. The lowest BCUT2D eigenvalue weighted by atomic mass is 9.96. The van der Waals surface area contributed by atoms with E-state index >= 15 is 0 Å². The van der Waals surface area contributed by atoms with Gasteiger partial charge in [0.05, 0.1) is 12.0 Å². The molecule has 1 aromatic carbocycles. The van der Waals surface area contributed by atoms with Crippen molar-refractivity contribution in [3.05, 3.63) is 63.4 Å². The smallest absolute Gasteiger partial charge is 0.328 e. The van der Waals surface area contributed by atoms with Crippen LogP contribution < -0.4 is 0 Å². The number of carbonyl (C=O) groups is 1. The fourth-order valence-electron chi connectivity index (χ4n) is 2.36. The van der Waals surface area contributed by atoms with Crippen LogP contribution in [0.5, 0.6) is 0 Å². The first-order chi connectivity index (χ1) is 9.70. The molecule has 20 heavy (non-hydrogen) atoms. The Morgan fingerprint density at radius 1 is 1.25 bits per heavy atom. The summed E-state index contributed by atoms with van der Waals surface area (Å²) in [5.41, 5.74) is 3.48. The molecule has 0 unspecified atom stereocenters. The summed E-state index contributed by atoms with van der Waals surface area (Å²) in [6, 6.07) is 9.66. The lowest BCUT2D eigenvalue weighted by Gasteiger charge is -2.08. The van der Waals surface area contributed by atoms with E-state index in [2.05, 4.69) is 0 Å². The Morgan fingerprint density at radius 2 is 2.05 bits per heavy atom. The molecule has 0 aliphatic heterocycles. The zero-order valence-electron chi connectivity index (χ0n) is 10.8. The summed E-state index contributed by atoms with van der Waals surface area (Å²) in [5, 5.41) is 11.1. The molecule has 1 aliphatic rings. The van der Waals surface area contributed by atoms with Crippen molar-refractivity contribution in [1.29, 1.82) is 0 Å². The van der Waals surface area contributed by atoms with Crippen molar-refractivity contribution < 1.29 is 14.6 Å². The van der Waals surface area contributed by atoms with Gasteiger partial charge in [0.2, 0.25) is 0 Å². The summed E-state index contributed by atoms with van der Waals surface area (Å²) in [6.45, 7) is 0. The van der Waals surface area contributed by atoms with Gasteiger partial charge in [-0.05, 0) is 34.2 Å². The molecular formula is C16H12O3S. The molecule has 3 rings (SSSR count). The third-order valence-electron chi connectivity index (χ3n) is 3.20. The molecule has 0 bridgehead atoms. The van der Waals surface area contributed by atoms with E-state index in [1.807, 2.05) is 41.8 Å². The third kappa shape index (κ3) is 2.04. The Bertz CT molecular complexity index is 738. The number of rotatable bonds is 2. The van der Waals surface area contributed by atoms with Crippen molar-refractivity contribution in [3.8, 4) is 0 Å². The molecule has 1 heterocycles. The van der Waals surface area contributed by atoms with Crippen LogP contribution in [0.3, 0.4) is 0 Å². The van der Waals surface area contributed by atoms with Gasteiger partial charge in [-0.2, -0.15) is 0 Å². The molecule has 0 saturated heterocycles. The monoisotopic (exact) mass is 284 g/mol. The second-order valence-electron chi connectivity index (χ2n) is 4.36. The predicted molar refractivity (Wildman–Crippen MR) is 80.4 cm³/mol. The topological polar surface area (TPSA) is 46.5 Å². The molecule has 1 aromatic heterocycles.